The van der Waals surface area contributed by atoms with Crippen LogP contribution >= 0.6 is 0 Å². The van der Waals surface area contributed by atoms with Gasteiger partial charge in [0.25, 0.3) is 0 Å². The van der Waals surface area contributed by atoms with Crippen molar-refractivity contribution in [2.24, 2.45) is 5.14 Å². The van der Waals surface area contributed by atoms with Crippen LogP contribution in [0.5, 0.6) is 0 Å². The van der Waals surface area contributed by atoms with Gasteiger partial charge < -0.3 is 10.6 Å². The molecule has 0 bridgehead atoms. The van der Waals surface area contributed by atoms with Gasteiger partial charge in [0, 0.05) is 11.4 Å². The van der Waals surface area contributed by atoms with E-state index in [1.165, 1.54) is 29.8 Å². The maximum absolute atomic E-state index is 12.3. The van der Waals surface area contributed by atoms with E-state index in [2.05, 4.69) is 24.5 Å². The Balaban J connectivity index is 2.02. The largest absolute Gasteiger partial charge is 0.374 e. The van der Waals surface area contributed by atoms with E-state index in [1.54, 1.807) is 6.92 Å². The number of anilines is 2. The maximum atomic E-state index is 12.3. The zero-order valence-corrected chi connectivity index (χ0v) is 15.3. The van der Waals surface area contributed by atoms with Crippen LogP contribution in [0.4, 0.5) is 11.4 Å². The third-order valence-corrected chi connectivity index (χ3v) is 4.71. The van der Waals surface area contributed by atoms with Crippen molar-refractivity contribution in [3.8, 4) is 0 Å². The van der Waals surface area contributed by atoms with Crippen molar-refractivity contribution in [1.29, 1.82) is 0 Å². The molecule has 0 saturated heterocycles. The van der Waals surface area contributed by atoms with Crippen molar-refractivity contribution >= 4 is 27.3 Å². The first-order valence-corrected chi connectivity index (χ1v) is 9.51. The Hall–Kier alpha value is -2.38. The molecule has 0 aliphatic heterocycles. The summed E-state index contributed by atoms with van der Waals surface area (Å²) in [6, 6.07) is 13.2. The van der Waals surface area contributed by atoms with E-state index in [9.17, 15) is 13.2 Å². The predicted octanol–water partition coefficient (Wildman–Crippen LogP) is 2.90. The van der Waals surface area contributed by atoms with Crippen molar-refractivity contribution < 1.29 is 13.2 Å². The topological polar surface area (TPSA) is 101 Å². The van der Waals surface area contributed by atoms with Crippen molar-refractivity contribution in [3.63, 3.8) is 0 Å². The van der Waals surface area contributed by atoms with Gasteiger partial charge in [0.15, 0.2) is 0 Å². The molecule has 134 valence electrons. The summed E-state index contributed by atoms with van der Waals surface area (Å²) < 4.78 is 22.5. The van der Waals surface area contributed by atoms with Crippen LogP contribution in [0.2, 0.25) is 0 Å². The average molecular weight is 361 g/mol. The molecule has 1 atom stereocenters. The number of hydrogen-bond acceptors (Lipinski definition) is 4. The SMILES string of the molecule is CC(C)c1cccc(N[C@@H](C)C(=O)Nc2ccc(S(N)(=O)=O)cc2)c1. The molecule has 2 aromatic carbocycles. The van der Waals surface area contributed by atoms with Gasteiger partial charge in [0.1, 0.15) is 6.04 Å². The molecule has 2 aromatic rings. The second-order valence-corrected chi connectivity index (χ2v) is 7.77. The van der Waals surface area contributed by atoms with Crippen molar-refractivity contribution in [1.82, 2.24) is 0 Å². The molecule has 0 fully saturated rings. The number of benzene rings is 2. The van der Waals surface area contributed by atoms with Crippen LogP contribution in [0.3, 0.4) is 0 Å². The summed E-state index contributed by atoms with van der Waals surface area (Å²) in [6.45, 7) is 5.98. The van der Waals surface area contributed by atoms with Crippen molar-refractivity contribution in [3.05, 3.63) is 54.1 Å². The molecule has 0 spiro atoms. The van der Waals surface area contributed by atoms with E-state index in [0.29, 0.717) is 11.6 Å². The van der Waals surface area contributed by atoms with Crippen LogP contribution in [0.15, 0.2) is 53.4 Å². The van der Waals surface area contributed by atoms with Gasteiger partial charge in [-0.1, -0.05) is 26.0 Å². The Morgan fingerprint density at radius 1 is 1.00 bits per heavy atom. The summed E-state index contributed by atoms with van der Waals surface area (Å²) in [6.07, 6.45) is 0. The number of primary sulfonamides is 1. The first-order valence-electron chi connectivity index (χ1n) is 7.97. The van der Waals surface area contributed by atoms with Gasteiger partial charge in [0.2, 0.25) is 15.9 Å². The third-order valence-electron chi connectivity index (χ3n) is 3.78. The lowest BCUT2D eigenvalue weighted by atomic mass is 10.0. The number of carbonyl (C=O) groups excluding carboxylic acids is 1. The van der Waals surface area contributed by atoms with Gasteiger partial charge in [0.05, 0.1) is 4.90 Å². The molecule has 1 amide bonds. The molecule has 0 aromatic heterocycles. The molecule has 0 saturated carbocycles. The fourth-order valence-corrected chi connectivity index (χ4v) is 2.80. The van der Waals surface area contributed by atoms with Crippen LogP contribution in [0.25, 0.3) is 0 Å². The van der Waals surface area contributed by atoms with Gasteiger partial charge in [-0.2, -0.15) is 0 Å². The van der Waals surface area contributed by atoms with Crippen LogP contribution in [-0.4, -0.2) is 20.4 Å². The van der Waals surface area contributed by atoms with Crippen molar-refractivity contribution in [2.45, 2.75) is 37.6 Å². The zero-order valence-electron chi connectivity index (χ0n) is 14.5. The number of carbonyl (C=O) groups is 1. The Morgan fingerprint density at radius 3 is 2.20 bits per heavy atom. The molecule has 4 N–H and O–H groups in total. The standard InChI is InChI=1S/C18H23N3O3S/c1-12(2)14-5-4-6-16(11-14)20-13(3)18(22)21-15-7-9-17(10-8-15)25(19,23)24/h4-13,20H,1-3H3,(H,21,22)(H2,19,23,24)/t13-/m0/s1. The Bertz CT molecular complexity index is 846. The summed E-state index contributed by atoms with van der Waals surface area (Å²) in [7, 11) is -3.74. The minimum atomic E-state index is -3.74. The lowest BCUT2D eigenvalue weighted by Crippen LogP contribution is -2.31. The number of rotatable bonds is 6. The van der Waals surface area contributed by atoms with E-state index in [0.717, 1.165) is 5.69 Å². The highest BCUT2D eigenvalue weighted by atomic mass is 32.2. The normalized spacial score (nSPS) is 12.7. The Morgan fingerprint density at radius 2 is 1.64 bits per heavy atom. The average Bonchev–Trinajstić information content (AvgIpc) is 2.54. The van der Waals surface area contributed by atoms with E-state index in [1.807, 2.05) is 24.3 Å². The summed E-state index contributed by atoms with van der Waals surface area (Å²) in [5, 5.41) is 11.0. The molecule has 25 heavy (non-hydrogen) atoms. The van der Waals surface area contributed by atoms with E-state index in [-0.39, 0.29) is 10.8 Å². The molecule has 2 rings (SSSR count). The van der Waals surface area contributed by atoms with Gasteiger partial charge in [-0.3, -0.25) is 4.79 Å². The lowest BCUT2D eigenvalue weighted by molar-refractivity contribution is -0.116. The van der Waals surface area contributed by atoms with Gasteiger partial charge in [-0.15, -0.1) is 0 Å². The number of nitrogens with two attached hydrogens (primary N) is 1. The Kier molecular flexibility index (Phi) is 5.81. The Labute approximate surface area is 148 Å². The minimum Gasteiger partial charge on any atom is -0.374 e. The molecule has 0 radical (unpaired) electrons. The number of sulfonamides is 1. The summed E-state index contributed by atoms with van der Waals surface area (Å²) >= 11 is 0. The first-order chi connectivity index (χ1) is 11.7. The van der Waals surface area contributed by atoms with Crippen LogP contribution in [-0.2, 0) is 14.8 Å². The summed E-state index contributed by atoms with van der Waals surface area (Å²) in [5.74, 6) is 0.182. The number of nitrogens with one attached hydrogen (secondary N) is 2. The van der Waals surface area contributed by atoms with E-state index < -0.39 is 16.1 Å². The lowest BCUT2D eigenvalue weighted by Gasteiger charge is -2.16. The molecule has 7 heteroatoms. The molecule has 0 unspecified atom stereocenters. The van der Waals surface area contributed by atoms with Crippen molar-refractivity contribution in [2.75, 3.05) is 10.6 Å². The molecular weight excluding hydrogens is 338 g/mol. The molecule has 0 aliphatic rings. The fourth-order valence-electron chi connectivity index (χ4n) is 2.28. The van der Waals surface area contributed by atoms with E-state index in [4.69, 9.17) is 5.14 Å². The highest BCUT2D eigenvalue weighted by molar-refractivity contribution is 7.89. The second kappa shape index (κ2) is 7.67. The second-order valence-electron chi connectivity index (χ2n) is 6.20. The third kappa shape index (κ3) is 5.30. The predicted molar refractivity (Wildman–Crippen MR) is 100 cm³/mol. The fraction of sp³-hybridized carbons (Fsp3) is 0.278. The number of hydrogen-bond donors (Lipinski definition) is 3. The summed E-state index contributed by atoms with van der Waals surface area (Å²) in [5.41, 5.74) is 2.57. The monoisotopic (exact) mass is 361 g/mol. The highest BCUT2D eigenvalue weighted by Gasteiger charge is 2.14. The smallest absolute Gasteiger partial charge is 0.246 e. The zero-order chi connectivity index (χ0) is 18.6. The van der Waals surface area contributed by atoms with E-state index >= 15 is 0 Å². The molecule has 0 aliphatic carbocycles. The minimum absolute atomic E-state index is 0.00201. The molecule has 6 nitrogen and oxygen atoms in total. The number of amides is 1. The van der Waals surface area contributed by atoms with Gasteiger partial charge in [-0.05, 0) is 54.8 Å². The first kappa shape index (κ1) is 19.0. The maximum Gasteiger partial charge on any atom is 0.246 e. The molecule has 0 heterocycles. The highest BCUT2D eigenvalue weighted by Crippen LogP contribution is 2.19. The van der Waals surface area contributed by atoms with Gasteiger partial charge in [-0.25, -0.2) is 13.6 Å². The van der Waals surface area contributed by atoms with Gasteiger partial charge >= 0.3 is 0 Å². The van der Waals surface area contributed by atoms with Crippen LogP contribution in [0.1, 0.15) is 32.3 Å². The summed E-state index contributed by atoms with van der Waals surface area (Å²) in [4.78, 5) is 12.3. The van der Waals surface area contributed by atoms with Crippen LogP contribution in [0, 0.1) is 0 Å². The molecular formula is C18H23N3O3S. The van der Waals surface area contributed by atoms with Crippen LogP contribution < -0.4 is 15.8 Å². The quantitative estimate of drug-likeness (QED) is 0.736.